The fourth-order valence-corrected chi connectivity index (χ4v) is 3.10. The van der Waals surface area contributed by atoms with E-state index >= 15 is 0 Å². The van der Waals surface area contributed by atoms with Crippen LogP contribution in [0.5, 0.6) is 11.5 Å². The molecule has 2 aliphatic rings. The average molecular weight is 348 g/mol. The van der Waals surface area contributed by atoms with Gasteiger partial charge in [0, 0.05) is 11.8 Å². The van der Waals surface area contributed by atoms with E-state index in [1.165, 1.54) is 25.7 Å². The molecule has 2 aliphatic carbocycles. The van der Waals surface area contributed by atoms with Crippen molar-refractivity contribution in [3.8, 4) is 11.5 Å². The maximum Gasteiger partial charge on any atom is 0.118 e. The second kappa shape index (κ2) is 7.32. The van der Waals surface area contributed by atoms with E-state index in [1.54, 1.807) is 14.2 Å². The van der Waals surface area contributed by atoms with Crippen LogP contribution in [0.3, 0.4) is 0 Å². The molecule has 0 bridgehead atoms. The number of benzene rings is 2. The number of ether oxygens (including phenoxy) is 2. The molecule has 26 heavy (non-hydrogen) atoms. The number of rotatable bonds is 7. The van der Waals surface area contributed by atoms with Crippen LogP contribution in [-0.4, -0.2) is 25.6 Å². The van der Waals surface area contributed by atoms with E-state index in [0.29, 0.717) is 11.8 Å². The number of nitrogens with zero attached hydrogens (tertiary/aromatic N) is 2. The van der Waals surface area contributed by atoms with Crippen molar-refractivity contribution in [3.63, 3.8) is 0 Å². The monoisotopic (exact) mass is 348 g/mol. The van der Waals surface area contributed by atoms with Crippen LogP contribution in [0.4, 0.5) is 0 Å². The van der Waals surface area contributed by atoms with Gasteiger partial charge in [-0.1, -0.05) is 0 Å². The van der Waals surface area contributed by atoms with E-state index in [9.17, 15) is 0 Å². The lowest BCUT2D eigenvalue weighted by molar-refractivity contribution is 0.414. The molecule has 0 heterocycles. The van der Waals surface area contributed by atoms with Gasteiger partial charge < -0.3 is 9.47 Å². The van der Waals surface area contributed by atoms with Crippen LogP contribution < -0.4 is 9.47 Å². The molecule has 0 radical (unpaired) electrons. The Kier molecular flexibility index (Phi) is 4.74. The standard InChI is InChI=1S/C22H24N2O2/c1-25-19-11-7-17(8-12-19)21(15-3-4-15)23-24-22(16-5-6-16)18-9-13-20(26-2)14-10-18/h7-16H,3-6H2,1-2H3/b23-21-,24-22+. The second-order valence-corrected chi connectivity index (χ2v) is 6.98. The van der Waals surface area contributed by atoms with Gasteiger partial charge in [-0.2, -0.15) is 10.2 Å². The van der Waals surface area contributed by atoms with Crippen LogP contribution in [-0.2, 0) is 0 Å². The Morgan fingerprint density at radius 2 is 1.00 bits per heavy atom. The lowest BCUT2D eigenvalue weighted by Gasteiger charge is -2.07. The fourth-order valence-electron chi connectivity index (χ4n) is 3.10. The van der Waals surface area contributed by atoms with Gasteiger partial charge >= 0.3 is 0 Å². The van der Waals surface area contributed by atoms with Crippen LogP contribution in [0.25, 0.3) is 0 Å². The van der Waals surface area contributed by atoms with Crippen molar-refractivity contribution in [1.29, 1.82) is 0 Å². The maximum atomic E-state index is 5.26. The van der Waals surface area contributed by atoms with E-state index < -0.39 is 0 Å². The molecule has 0 unspecified atom stereocenters. The van der Waals surface area contributed by atoms with Gasteiger partial charge in [0.2, 0.25) is 0 Å². The van der Waals surface area contributed by atoms with Crippen LogP contribution in [0.2, 0.25) is 0 Å². The Balaban J connectivity index is 1.65. The zero-order chi connectivity index (χ0) is 17.9. The number of hydrogen-bond acceptors (Lipinski definition) is 4. The Morgan fingerprint density at radius 3 is 1.27 bits per heavy atom. The summed E-state index contributed by atoms with van der Waals surface area (Å²) in [5.74, 6) is 2.79. The van der Waals surface area contributed by atoms with E-state index in [1.807, 2.05) is 24.3 Å². The Morgan fingerprint density at radius 1 is 0.654 bits per heavy atom. The Bertz CT molecular complexity index is 743. The summed E-state index contributed by atoms with van der Waals surface area (Å²) in [6.07, 6.45) is 4.78. The predicted octanol–water partition coefficient (Wildman–Crippen LogP) is 4.72. The van der Waals surface area contributed by atoms with Crippen molar-refractivity contribution >= 4 is 11.4 Å². The molecule has 4 heteroatoms. The molecule has 0 aliphatic heterocycles. The number of hydrogen-bond donors (Lipinski definition) is 0. The molecule has 134 valence electrons. The highest BCUT2D eigenvalue weighted by atomic mass is 16.5. The minimum absolute atomic E-state index is 0.531. The lowest BCUT2D eigenvalue weighted by Crippen LogP contribution is -2.06. The fraction of sp³-hybridized carbons (Fsp3) is 0.364. The molecular weight excluding hydrogens is 324 g/mol. The first-order valence-electron chi connectivity index (χ1n) is 9.23. The van der Waals surface area contributed by atoms with Gasteiger partial charge in [-0.3, -0.25) is 0 Å². The van der Waals surface area contributed by atoms with Crippen molar-refractivity contribution in [1.82, 2.24) is 0 Å². The van der Waals surface area contributed by atoms with Gasteiger partial charge in [0.05, 0.1) is 25.6 Å². The number of methoxy groups -OCH3 is 2. The van der Waals surface area contributed by atoms with Gasteiger partial charge in [0.1, 0.15) is 11.5 Å². The van der Waals surface area contributed by atoms with E-state index in [0.717, 1.165) is 34.0 Å². The SMILES string of the molecule is COc1ccc(/C(=N\N=C(\c2ccc(OC)cc2)C2CC2)C2CC2)cc1. The molecule has 0 aromatic heterocycles. The normalized spacial score (nSPS) is 17.9. The second-order valence-electron chi connectivity index (χ2n) is 6.98. The molecule has 2 aromatic rings. The molecular formula is C22H24N2O2. The molecule has 0 spiro atoms. The molecule has 0 saturated heterocycles. The maximum absolute atomic E-state index is 5.26. The van der Waals surface area contributed by atoms with Gasteiger partial charge in [-0.05, 0) is 85.3 Å². The molecule has 4 rings (SSSR count). The minimum Gasteiger partial charge on any atom is -0.497 e. The predicted molar refractivity (Wildman–Crippen MR) is 105 cm³/mol. The summed E-state index contributed by atoms with van der Waals surface area (Å²) in [7, 11) is 3.37. The summed E-state index contributed by atoms with van der Waals surface area (Å²) in [5.41, 5.74) is 4.47. The van der Waals surface area contributed by atoms with Gasteiger partial charge in [-0.25, -0.2) is 0 Å². The molecule has 0 atom stereocenters. The zero-order valence-corrected chi connectivity index (χ0v) is 15.3. The Labute approximate surface area is 154 Å². The third-order valence-corrected chi connectivity index (χ3v) is 4.97. The molecule has 4 nitrogen and oxygen atoms in total. The summed E-state index contributed by atoms with van der Waals surface area (Å²) in [4.78, 5) is 0. The average Bonchev–Trinajstić information content (AvgIpc) is 3.59. The first kappa shape index (κ1) is 16.8. The van der Waals surface area contributed by atoms with Crippen LogP contribution in [0, 0.1) is 11.8 Å². The van der Waals surface area contributed by atoms with Crippen molar-refractivity contribution in [3.05, 3.63) is 59.7 Å². The van der Waals surface area contributed by atoms with Crippen LogP contribution >= 0.6 is 0 Å². The first-order valence-corrected chi connectivity index (χ1v) is 9.23. The summed E-state index contributed by atoms with van der Waals surface area (Å²) in [6, 6.07) is 16.3. The summed E-state index contributed by atoms with van der Waals surface area (Å²) in [5, 5.41) is 9.45. The van der Waals surface area contributed by atoms with Crippen LogP contribution in [0.15, 0.2) is 58.7 Å². The lowest BCUT2D eigenvalue weighted by atomic mass is 10.1. The van der Waals surface area contributed by atoms with E-state index in [2.05, 4.69) is 24.3 Å². The highest BCUT2D eigenvalue weighted by Gasteiger charge is 2.31. The van der Waals surface area contributed by atoms with Crippen molar-refractivity contribution < 1.29 is 9.47 Å². The highest BCUT2D eigenvalue weighted by Crippen LogP contribution is 2.36. The van der Waals surface area contributed by atoms with Gasteiger partial charge in [-0.15, -0.1) is 0 Å². The third kappa shape index (κ3) is 3.79. The third-order valence-electron chi connectivity index (χ3n) is 4.97. The summed E-state index contributed by atoms with van der Waals surface area (Å²) >= 11 is 0. The quantitative estimate of drug-likeness (QED) is 0.537. The minimum atomic E-state index is 0.531. The van der Waals surface area contributed by atoms with Crippen molar-refractivity contribution in [2.45, 2.75) is 25.7 Å². The van der Waals surface area contributed by atoms with Crippen molar-refractivity contribution in [2.75, 3.05) is 14.2 Å². The summed E-state index contributed by atoms with van der Waals surface area (Å²) in [6.45, 7) is 0. The Hall–Kier alpha value is -2.62. The topological polar surface area (TPSA) is 43.2 Å². The summed E-state index contributed by atoms with van der Waals surface area (Å²) < 4.78 is 10.5. The smallest absolute Gasteiger partial charge is 0.118 e. The van der Waals surface area contributed by atoms with Crippen LogP contribution in [0.1, 0.15) is 36.8 Å². The largest absolute Gasteiger partial charge is 0.497 e. The van der Waals surface area contributed by atoms with E-state index in [-0.39, 0.29) is 0 Å². The van der Waals surface area contributed by atoms with E-state index in [4.69, 9.17) is 19.7 Å². The molecule has 2 fully saturated rings. The molecule has 0 amide bonds. The van der Waals surface area contributed by atoms with Crippen molar-refractivity contribution in [2.24, 2.45) is 22.0 Å². The molecule has 2 aromatic carbocycles. The molecule has 0 N–H and O–H groups in total. The first-order chi connectivity index (χ1) is 12.8. The van der Waals surface area contributed by atoms with Gasteiger partial charge in [0.15, 0.2) is 0 Å². The highest BCUT2D eigenvalue weighted by molar-refractivity contribution is 6.06. The molecule has 2 saturated carbocycles. The van der Waals surface area contributed by atoms with Gasteiger partial charge in [0.25, 0.3) is 0 Å². The zero-order valence-electron chi connectivity index (χ0n) is 15.3.